The maximum Gasteiger partial charge on any atom is 0.295 e. The molecule has 0 bridgehead atoms. The van der Waals surface area contributed by atoms with E-state index in [2.05, 4.69) is 15.9 Å². The van der Waals surface area contributed by atoms with Gasteiger partial charge in [-0.05, 0) is 51.0 Å². The summed E-state index contributed by atoms with van der Waals surface area (Å²) in [6, 6.07) is 12.1. The summed E-state index contributed by atoms with van der Waals surface area (Å²) >= 11 is 3.46. The highest BCUT2D eigenvalue weighted by molar-refractivity contribution is 9.10. The number of nitrogens with zero attached hydrogens (tertiary/aromatic N) is 1. The molecule has 164 valence electrons. The van der Waals surface area contributed by atoms with Crippen LogP contribution in [0.2, 0.25) is 0 Å². The maximum atomic E-state index is 13.1. The molecule has 1 aliphatic heterocycles. The molecule has 0 aliphatic carbocycles. The fourth-order valence-electron chi connectivity index (χ4n) is 3.78. The number of carbonyl (C=O) groups is 2. The van der Waals surface area contributed by atoms with Crippen molar-refractivity contribution in [2.75, 3.05) is 6.54 Å². The van der Waals surface area contributed by atoms with E-state index >= 15 is 0 Å². The molecule has 3 rings (SSSR count). The SMILES string of the molecule is CCCCN1C(=O)C(=O)/C(=C(\O)c2ccc(Br)c(C)c2)C1c1ccccc1OC(C)C. The van der Waals surface area contributed by atoms with Crippen LogP contribution in [0.3, 0.4) is 0 Å². The van der Waals surface area contributed by atoms with Crippen LogP contribution in [0.1, 0.15) is 56.3 Å². The van der Waals surface area contributed by atoms with Crippen LogP contribution in [0.15, 0.2) is 52.5 Å². The van der Waals surface area contributed by atoms with E-state index in [-0.39, 0.29) is 17.4 Å². The second kappa shape index (κ2) is 9.69. The highest BCUT2D eigenvalue weighted by Crippen LogP contribution is 2.43. The number of ether oxygens (including phenoxy) is 1. The van der Waals surface area contributed by atoms with Gasteiger partial charge in [-0.2, -0.15) is 0 Å². The van der Waals surface area contributed by atoms with Gasteiger partial charge in [-0.1, -0.05) is 53.5 Å². The fourth-order valence-corrected chi connectivity index (χ4v) is 4.02. The van der Waals surface area contributed by atoms with Gasteiger partial charge in [0, 0.05) is 22.1 Å². The number of unbranched alkanes of at least 4 members (excludes halogenated alkanes) is 1. The highest BCUT2D eigenvalue weighted by atomic mass is 79.9. The minimum atomic E-state index is -0.703. The number of carbonyl (C=O) groups excluding carboxylic acids is 2. The zero-order valence-electron chi connectivity index (χ0n) is 18.3. The second-order valence-corrected chi connectivity index (χ2v) is 8.87. The van der Waals surface area contributed by atoms with Crippen molar-refractivity contribution in [1.82, 2.24) is 4.90 Å². The molecule has 1 saturated heterocycles. The molecule has 0 saturated carbocycles. The molecule has 6 heteroatoms. The molecule has 1 atom stereocenters. The monoisotopic (exact) mass is 485 g/mol. The van der Waals surface area contributed by atoms with Crippen molar-refractivity contribution in [3.05, 3.63) is 69.2 Å². The van der Waals surface area contributed by atoms with Gasteiger partial charge in [-0.25, -0.2) is 0 Å². The summed E-state index contributed by atoms with van der Waals surface area (Å²) in [7, 11) is 0. The standard InChI is InChI=1S/C25H28BrNO4/c1-5-6-13-27-22(18-9-7-8-10-20(18)31-15(2)3)21(24(29)25(27)30)23(28)17-11-12-19(26)16(4)14-17/h7-12,14-15,22,28H,5-6,13H2,1-4H3/b23-21-. The first-order valence-electron chi connectivity index (χ1n) is 10.6. The van der Waals surface area contributed by atoms with Gasteiger partial charge in [-0.3, -0.25) is 9.59 Å². The molecule has 0 spiro atoms. The number of aliphatic hydroxyl groups excluding tert-OH is 1. The number of hydrogen-bond donors (Lipinski definition) is 1. The molecule has 0 aromatic heterocycles. The third-order valence-corrected chi connectivity index (χ3v) is 6.19. The Morgan fingerprint density at radius 3 is 2.55 bits per heavy atom. The van der Waals surface area contributed by atoms with Crippen LogP contribution in [-0.2, 0) is 9.59 Å². The molecular formula is C25H28BrNO4. The Hall–Kier alpha value is -2.60. The zero-order chi connectivity index (χ0) is 22.7. The van der Waals surface area contributed by atoms with Crippen LogP contribution >= 0.6 is 15.9 Å². The molecule has 5 nitrogen and oxygen atoms in total. The van der Waals surface area contributed by atoms with Gasteiger partial charge in [0.15, 0.2) is 0 Å². The van der Waals surface area contributed by atoms with Gasteiger partial charge in [0.2, 0.25) is 0 Å². The number of hydrogen-bond acceptors (Lipinski definition) is 4. The number of amides is 1. The van der Waals surface area contributed by atoms with Gasteiger partial charge >= 0.3 is 0 Å². The lowest BCUT2D eigenvalue weighted by Gasteiger charge is -2.27. The summed E-state index contributed by atoms with van der Waals surface area (Å²) in [5.41, 5.74) is 2.22. The molecule has 0 radical (unpaired) electrons. The number of likely N-dealkylation sites (tertiary alicyclic amines) is 1. The summed E-state index contributed by atoms with van der Waals surface area (Å²) in [5.74, 6) is -0.826. The Labute approximate surface area is 191 Å². The van der Waals surface area contributed by atoms with Gasteiger partial charge in [0.1, 0.15) is 11.5 Å². The van der Waals surface area contributed by atoms with Crippen molar-refractivity contribution in [2.24, 2.45) is 0 Å². The minimum absolute atomic E-state index is 0.0757. The third-order valence-electron chi connectivity index (χ3n) is 5.30. The maximum absolute atomic E-state index is 13.1. The average molecular weight is 486 g/mol. The Morgan fingerprint density at radius 1 is 1.19 bits per heavy atom. The Morgan fingerprint density at radius 2 is 1.90 bits per heavy atom. The molecule has 1 amide bonds. The quantitative estimate of drug-likeness (QED) is 0.307. The highest BCUT2D eigenvalue weighted by Gasteiger charge is 2.46. The average Bonchev–Trinajstić information content (AvgIpc) is 2.98. The molecule has 1 heterocycles. The topological polar surface area (TPSA) is 66.8 Å². The van der Waals surface area contributed by atoms with E-state index in [1.165, 1.54) is 0 Å². The van der Waals surface area contributed by atoms with Gasteiger partial charge in [0.25, 0.3) is 11.7 Å². The van der Waals surface area contributed by atoms with Crippen molar-refractivity contribution in [2.45, 2.75) is 52.7 Å². The van der Waals surface area contributed by atoms with Crippen LogP contribution in [0.4, 0.5) is 0 Å². The lowest BCUT2D eigenvalue weighted by Crippen LogP contribution is -2.31. The lowest BCUT2D eigenvalue weighted by molar-refractivity contribution is -0.139. The van der Waals surface area contributed by atoms with E-state index < -0.39 is 17.7 Å². The molecule has 2 aromatic rings. The van der Waals surface area contributed by atoms with Crippen molar-refractivity contribution in [3.63, 3.8) is 0 Å². The minimum Gasteiger partial charge on any atom is -0.507 e. The van der Waals surface area contributed by atoms with Crippen molar-refractivity contribution in [1.29, 1.82) is 0 Å². The summed E-state index contributed by atoms with van der Waals surface area (Å²) in [5, 5.41) is 11.2. The number of rotatable bonds is 7. The van der Waals surface area contributed by atoms with E-state index in [4.69, 9.17) is 4.74 Å². The number of para-hydroxylation sites is 1. The van der Waals surface area contributed by atoms with Gasteiger partial charge in [0.05, 0.1) is 17.7 Å². The van der Waals surface area contributed by atoms with Gasteiger partial charge < -0.3 is 14.7 Å². The normalized spacial score (nSPS) is 18.1. The van der Waals surface area contributed by atoms with Gasteiger partial charge in [-0.15, -0.1) is 0 Å². The smallest absolute Gasteiger partial charge is 0.295 e. The summed E-state index contributed by atoms with van der Waals surface area (Å²) in [4.78, 5) is 27.6. The number of benzene rings is 2. The van der Waals surface area contributed by atoms with E-state index in [1.807, 2.05) is 58.0 Å². The van der Waals surface area contributed by atoms with E-state index in [9.17, 15) is 14.7 Å². The Kier molecular flexibility index (Phi) is 7.21. The molecule has 2 aromatic carbocycles. The molecule has 1 N–H and O–H groups in total. The largest absolute Gasteiger partial charge is 0.507 e. The van der Waals surface area contributed by atoms with E-state index in [0.29, 0.717) is 23.4 Å². The molecule has 1 unspecified atom stereocenters. The number of halogens is 1. The van der Waals surface area contributed by atoms with Crippen LogP contribution < -0.4 is 4.74 Å². The molecule has 1 aliphatic rings. The van der Waals surface area contributed by atoms with Crippen molar-refractivity contribution >= 4 is 33.4 Å². The fraction of sp³-hybridized carbons (Fsp3) is 0.360. The van der Waals surface area contributed by atoms with E-state index in [0.717, 1.165) is 22.9 Å². The third kappa shape index (κ3) is 4.69. The second-order valence-electron chi connectivity index (χ2n) is 8.01. The van der Waals surface area contributed by atoms with Crippen LogP contribution in [0.5, 0.6) is 5.75 Å². The summed E-state index contributed by atoms with van der Waals surface area (Å²) in [6.07, 6.45) is 1.56. The zero-order valence-corrected chi connectivity index (χ0v) is 19.9. The summed E-state index contributed by atoms with van der Waals surface area (Å²) < 4.78 is 6.89. The van der Waals surface area contributed by atoms with Crippen LogP contribution in [0.25, 0.3) is 5.76 Å². The first-order valence-corrected chi connectivity index (χ1v) is 11.4. The van der Waals surface area contributed by atoms with Crippen LogP contribution in [-0.4, -0.2) is 34.3 Å². The number of aryl methyl sites for hydroxylation is 1. The predicted octanol–water partition coefficient (Wildman–Crippen LogP) is 5.77. The Balaban J connectivity index is 2.22. The lowest BCUT2D eigenvalue weighted by atomic mass is 9.94. The summed E-state index contributed by atoms with van der Waals surface area (Å²) in [6.45, 7) is 8.22. The predicted molar refractivity (Wildman–Crippen MR) is 125 cm³/mol. The van der Waals surface area contributed by atoms with Crippen molar-refractivity contribution < 1.29 is 19.4 Å². The van der Waals surface area contributed by atoms with Crippen molar-refractivity contribution in [3.8, 4) is 5.75 Å². The molecule has 31 heavy (non-hydrogen) atoms. The number of Topliss-reactive ketones (excluding diaryl/α,β-unsaturated/α-hetero) is 1. The van der Waals surface area contributed by atoms with E-state index in [1.54, 1.807) is 17.0 Å². The number of ketones is 1. The Bertz CT molecular complexity index is 1030. The van der Waals surface area contributed by atoms with Crippen LogP contribution in [0, 0.1) is 6.92 Å². The first kappa shape index (κ1) is 23.1. The molecular weight excluding hydrogens is 458 g/mol. The molecule has 1 fully saturated rings. The first-order chi connectivity index (χ1) is 14.8. The number of aliphatic hydroxyl groups is 1.